The highest BCUT2D eigenvalue weighted by molar-refractivity contribution is 5.92. The standard InChI is InChI=1S/C17H25NO3/c1-4-6-14-11-13(9-10-21-14)18-16-8-5-7-15(12(16)2)17(19)20-3/h5,7-8,13-14,18H,4,6,9-11H2,1-3H3. The Morgan fingerprint density at radius 2 is 2.29 bits per heavy atom. The molecule has 4 nitrogen and oxygen atoms in total. The predicted molar refractivity (Wildman–Crippen MR) is 83.8 cm³/mol. The highest BCUT2D eigenvalue weighted by atomic mass is 16.5. The summed E-state index contributed by atoms with van der Waals surface area (Å²) in [6.45, 7) is 4.94. The first-order chi connectivity index (χ1) is 10.2. The van der Waals surface area contributed by atoms with Crippen molar-refractivity contribution in [3.05, 3.63) is 29.3 Å². The number of hydrogen-bond acceptors (Lipinski definition) is 4. The van der Waals surface area contributed by atoms with Crippen molar-refractivity contribution < 1.29 is 14.3 Å². The Bertz CT molecular complexity index is 485. The molecule has 1 N–H and O–H groups in total. The third kappa shape index (κ3) is 3.97. The molecule has 2 rings (SSSR count). The molecule has 0 saturated carbocycles. The number of nitrogens with one attached hydrogen (secondary N) is 1. The Labute approximate surface area is 126 Å². The van der Waals surface area contributed by atoms with Crippen LogP contribution in [-0.2, 0) is 9.47 Å². The molecular weight excluding hydrogens is 266 g/mol. The van der Waals surface area contributed by atoms with E-state index >= 15 is 0 Å². The largest absolute Gasteiger partial charge is 0.465 e. The minimum Gasteiger partial charge on any atom is -0.465 e. The number of ether oxygens (including phenoxy) is 2. The quantitative estimate of drug-likeness (QED) is 0.843. The predicted octanol–water partition coefficient (Wildman–Crippen LogP) is 3.54. The summed E-state index contributed by atoms with van der Waals surface area (Å²) in [4.78, 5) is 11.7. The molecule has 1 aromatic rings. The number of esters is 1. The van der Waals surface area contributed by atoms with Crippen LogP contribution >= 0.6 is 0 Å². The van der Waals surface area contributed by atoms with Crippen LogP contribution in [0.3, 0.4) is 0 Å². The zero-order chi connectivity index (χ0) is 15.2. The molecule has 1 aliphatic rings. The molecule has 4 heteroatoms. The minimum atomic E-state index is -0.285. The van der Waals surface area contributed by atoms with Gasteiger partial charge in [-0.2, -0.15) is 0 Å². The van der Waals surface area contributed by atoms with Crippen molar-refractivity contribution in [2.75, 3.05) is 19.0 Å². The maximum Gasteiger partial charge on any atom is 0.338 e. The molecule has 1 aliphatic heterocycles. The fraction of sp³-hybridized carbons (Fsp3) is 0.588. The van der Waals surface area contributed by atoms with Gasteiger partial charge in [0.15, 0.2) is 0 Å². The van der Waals surface area contributed by atoms with E-state index in [1.807, 2.05) is 19.1 Å². The molecule has 1 saturated heterocycles. The Morgan fingerprint density at radius 1 is 1.48 bits per heavy atom. The summed E-state index contributed by atoms with van der Waals surface area (Å²) in [5.74, 6) is -0.285. The van der Waals surface area contributed by atoms with Gasteiger partial charge in [-0.3, -0.25) is 0 Å². The molecular formula is C17H25NO3. The molecule has 116 valence electrons. The highest BCUT2D eigenvalue weighted by Gasteiger charge is 2.22. The van der Waals surface area contributed by atoms with Crippen molar-refractivity contribution in [2.45, 2.75) is 51.7 Å². The van der Waals surface area contributed by atoms with E-state index in [1.165, 1.54) is 7.11 Å². The Kier molecular flexibility index (Phi) is 5.62. The Hall–Kier alpha value is -1.55. The fourth-order valence-corrected chi connectivity index (χ4v) is 2.88. The summed E-state index contributed by atoms with van der Waals surface area (Å²) < 4.78 is 10.6. The first-order valence-corrected chi connectivity index (χ1v) is 7.71. The van der Waals surface area contributed by atoms with Gasteiger partial charge >= 0.3 is 5.97 Å². The van der Waals surface area contributed by atoms with E-state index in [0.717, 1.165) is 43.5 Å². The Balaban J connectivity index is 2.07. The second-order valence-corrected chi connectivity index (χ2v) is 5.62. The first kappa shape index (κ1) is 15.8. The summed E-state index contributed by atoms with van der Waals surface area (Å²) in [7, 11) is 1.41. The van der Waals surface area contributed by atoms with Crippen molar-refractivity contribution in [1.29, 1.82) is 0 Å². The Morgan fingerprint density at radius 3 is 3.00 bits per heavy atom. The minimum absolute atomic E-state index is 0.285. The van der Waals surface area contributed by atoms with Gasteiger partial charge in [0.1, 0.15) is 0 Å². The molecule has 1 aromatic carbocycles. The zero-order valence-corrected chi connectivity index (χ0v) is 13.1. The third-order valence-electron chi connectivity index (χ3n) is 4.08. The third-order valence-corrected chi connectivity index (χ3v) is 4.08. The molecule has 0 aromatic heterocycles. The molecule has 0 aliphatic carbocycles. The molecule has 21 heavy (non-hydrogen) atoms. The van der Waals surface area contributed by atoms with Crippen LogP contribution in [-0.4, -0.2) is 31.8 Å². The van der Waals surface area contributed by atoms with Crippen LogP contribution in [0.2, 0.25) is 0 Å². The summed E-state index contributed by atoms with van der Waals surface area (Å²) in [5.41, 5.74) is 2.59. The van der Waals surface area contributed by atoms with E-state index in [0.29, 0.717) is 17.7 Å². The van der Waals surface area contributed by atoms with Gasteiger partial charge in [0, 0.05) is 18.3 Å². The van der Waals surface area contributed by atoms with Crippen LogP contribution in [0.15, 0.2) is 18.2 Å². The average Bonchev–Trinajstić information content (AvgIpc) is 2.49. The van der Waals surface area contributed by atoms with Crippen molar-refractivity contribution in [1.82, 2.24) is 0 Å². The molecule has 2 unspecified atom stereocenters. The van der Waals surface area contributed by atoms with Gasteiger partial charge in [-0.05, 0) is 43.9 Å². The highest BCUT2D eigenvalue weighted by Crippen LogP contribution is 2.25. The lowest BCUT2D eigenvalue weighted by atomic mass is 9.98. The summed E-state index contributed by atoms with van der Waals surface area (Å²) in [5, 5.41) is 3.57. The van der Waals surface area contributed by atoms with Gasteiger partial charge in [0.2, 0.25) is 0 Å². The maximum atomic E-state index is 11.7. The van der Waals surface area contributed by atoms with E-state index < -0.39 is 0 Å². The molecule has 1 heterocycles. The second kappa shape index (κ2) is 7.46. The number of carbonyl (C=O) groups excluding carboxylic acids is 1. The van der Waals surface area contributed by atoms with Gasteiger partial charge in [-0.15, -0.1) is 0 Å². The van der Waals surface area contributed by atoms with Gasteiger partial charge in [0.25, 0.3) is 0 Å². The lowest BCUT2D eigenvalue weighted by Gasteiger charge is -2.31. The number of carbonyl (C=O) groups is 1. The van der Waals surface area contributed by atoms with Crippen LogP contribution in [0.25, 0.3) is 0 Å². The van der Waals surface area contributed by atoms with Crippen LogP contribution in [0.5, 0.6) is 0 Å². The SMILES string of the molecule is CCCC1CC(Nc2cccc(C(=O)OC)c2C)CCO1. The monoisotopic (exact) mass is 291 g/mol. The van der Waals surface area contributed by atoms with E-state index in [-0.39, 0.29) is 5.97 Å². The van der Waals surface area contributed by atoms with E-state index in [1.54, 1.807) is 6.07 Å². The lowest BCUT2D eigenvalue weighted by molar-refractivity contribution is 0.00596. The normalized spacial score (nSPS) is 21.9. The number of benzene rings is 1. The summed E-state index contributed by atoms with van der Waals surface area (Å²) in [6, 6.07) is 6.12. The van der Waals surface area contributed by atoms with Gasteiger partial charge < -0.3 is 14.8 Å². The van der Waals surface area contributed by atoms with Crippen LogP contribution in [0.1, 0.15) is 48.5 Å². The van der Waals surface area contributed by atoms with Crippen molar-refractivity contribution in [3.8, 4) is 0 Å². The van der Waals surface area contributed by atoms with E-state index in [9.17, 15) is 4.79 Å². The van der Waals surface area contributed by atoms with Crippen molar-refractivity contribution in [2.24, 2.45) is 0 Å². The smallest absolute Gasteiger partial charge is 0.338 e. The number of methoxy groups -OCH3 is 1. The molecule has 2 atom stereocenters. The van der Waals surface area contributed by atoms with Crippen LogP contribution in [0.4, 0.5) is 5.69 Å². The van der Waals surface area contributed by atoms with Crippen molar-refractivity contribution in [3.63, 3.8) is 0 Å². The molecule has 0 bridgehead atoms. The molecule has 0 amide bonds. The second-order valence-electron chi connectivity index (χ2n) is 5.62. The van der Waals surface area contributed by atoms with Gasteiger partial charge in [0.05, 0.1) is 18.8 Å². The van der Waals surface area contributed by atoms with Gasteiger partial charge in [-0.1, -0.05) is 19.4 Å². The molecule has 1 fully saturated rings. The summed E-state index contributed by atoms with van der Waals surface area (Å²) >= 11 is 0. The van der Waals surface area contributed by atoms with Gasteiger partial charge in [-0.25, -0.2) is 4.79 Å². The van der Waals surface area contributed by atoms with Crippen LogP contribution in [0, 0.1) is 6.92 Å². The van der Waals surface area contributed by atoms with E-state index in [2.05, 4.69) is 12.2 Å². The first-order valence-electron chi connectivity index (χ1n) is 7.71. The maximum absolute atomic E-state index is 11.7. The van der Waals surface area contributed by atoms with Crippen LogP contribution < -0.4 is 5.32 Å². The lowest BCUT2D eigenvalue weighted by Crippen LogP contribution is -2.34. The molecule has 0 radical (unpaired) electrons. The van der Waals surface area contributed by atoms with E-state index in [4.69, 9.17) is 9.47 Å². The summed E-state index contributed by atoms with van der Waals surface area (Å²) in [6.07, 6.45) is 4.64. The zero-order valence-electron chi connectivity index (χ0n) is 13.1. The van der Waals surface area contributed by atoms with Crippen molar-refractivity contribution >= 4 is 11.7 Å². The topological polar surface area (TPSA) is 47.6 Å². The number of rotatable bonds is 5. The average molecular weight is 291 g/mol. The number of anilines is 1. The molecule has 0 spiro atoms. The number of hydrogen-bond donors (Lipinski definition) is 1. The fourth-order valence-electron chi connectivity index (χ4n) is 2.88.